The number of hydrogen-bond acceptors (Lipinski definition) is 4. The molecule has 0 bridgehead atoms. The van der Waals surface area contributed by atoms with Crippen molar-refractivity contribution in [3.63, 3.8) is 0 Å². The molecule has 5 aliphatic carbocycles. The monoisotopic (exact) mass is 618 g/mol. The van der Waals surface area contributed by atoms with Gasteiger partial charge in [-0.25, -0.2) is 0 Å². The van der Waals surface area contributed by atoms with Crippen LogP contribution in [0.5, 0.6) is 0 Å². The lowest BCUT2D eigenvalue weighted by atomic mass is 9.33. The summed E-state index contributed by atoms with van der Waals surface area (Å²) >= 11 is 0. The van der Waals surface area contributed by atoms with Crippen molar-refractivity contribution in [2.24, 2.45) is 50.2 Å². The van der Waals surface area contributed by atoms with Gasteiger partial charge in [-0.1, -0.05) is 65.5 Å². The van der Waals surface area contributed by atoms with Gasteiger partial charge >= 0.3 is 6.30 Å². The van der Waals surface area contributed by atoms with Crippen LogP contribution in [0.15, 0.2) is 11.6 Å². The lowest BCUT2D eigenvalue weighted by Crippen LogP contribution is -2.67. The molecule has 0 aromatic heterocycles. The number of allylic oxidation sites excluding steroid dienone is 2. The minimum absolute atomic E-state index is 0.0337. The highest BCUT2D eigenvalue weighted by Gasteiger charge is 2.70. The molecule has 244 valence electrons. The molecule has 1 N–H and O–H groups in total. The molecule has 0 heterocycles. The Balaban J connectivity index is 1.54. The normalized spacial score (nSPS) is 44.4. The Labute approximate surface area is 260 Å². The summed E-state index contributed by atoms with van der Waals surface area (Å²) in [6.45, 7) is 16.6. The maximum Gasteiger partial charge on any atom is 0.520 e. The molecule has 2 amide bonds. The fraction of sp³-hybridized carbons (Fsp3) is 0.800. The predicted molar refractivity (Wildman–Crippen MR) is 160 cm³/mol. The number of hydrogen-bond donors (Lipinski definition) is 1. The van der Waals surface area contributed by atoms with Gasteiger partial charge in [0.15, 0.2) is 5.78 Å². The Kier molecular flexibility index (Phi) is 7.47. The summed E-state index contributed by atoms with van der Waals surface area (Å²) in [4.78, 5) is 44.4. The van der Waals surface area contributed by atoms with Crippen LogP contribution in [0.3, 0.4) is 0 Å². The molecule has 0 radical (unpaired) electrons. The SMILES string of the molecule is C#CON(C(=O)[C@@]1(C)CC[C@]2(C)CC[C@]3(C)C(=CC(=O)[C@@H]4[C@@]5(C)CC[C@H](NC(C)=O)C(C)(C)C5CC[C@]43C)[C@@H]2C1)C(F)(F)F. The number of rotatable bonds is 3. The molecular weight excluding hydrogens is 569 g/mol. The average molecular weight is 619 g/mol. The van der Waals surface area contributed by atoms with Crippen molar-refractivity contribution in [1.29, 1.82) is 0 Å². The predicted octanol–water partition coefficient (Wildman–Crippen LogP) is 7.34. The summed E-state index contributed by atoms with van der Waals surface area (Å²) in [7, 11) is 0. The molecule has 0 aromatic rings. The van der Waals surface area contributed by atoms with Crippen molar-refractivity contribution in [2.45, 2.75) is 126 Å². The van der Waals surface area contributed by atoms with E-state index in [1.165, 1.54) is 6.11 Å². The van der Waals surface area contributed by atoms with E-state index in [0.29, 0.717) is 6.42 Å². The molecular formula is C35H49F3N2O4. The maximum atomic E-state index is 14.5. The minimum atomic E-state index is -5.07. The quantitative estimate of drug-likeness (QED) is 0.204. The molecule has 1 unspecified atom stereocenters. The standard InChI is InChI=1S/C35H49F3N2O4/c1-10-44-40(35(36,37)38)28(43)31(6)16-15-30(5)17-18-33(8)22(23(30)20-31)19-24(42)27-32(7)13-12-26(39-21(2)41)29(3,4)25(32)11-14-34(27,33)9/h1,19,23,25-27H,11-18,20H2,2-9H3,(H,39,41)/t23-,25?,26-,27+,30+,31-,32-,33+,34+/m0/s1. The van der Waals surface area contributed by atoms with Crippen LogP contribution >= 0.6 is 0 Å². The molecule has 0 spiro atoms. The van der Waals surface area contributed by atoms with Crippen LogP contribution in [0.1, 0.15) is 113 Å². The second-order valence-electron chi connectivity index (χ2n) is 16.6. The molecule has 5 aliphatic rings. The zero-order valence-corrected chi connectivity index (χ0v) is 27.5. The number of carbonyl (C=O) groups is 3. The Morgan fingerprint density at radius 3 is 2.23 bits per heavy atom. The molecule has 4 fully saturated rings. The first-order chi connectivity index (χ1) is 20.1. The zero-order chi connectivity index (χ0) is 32.9. The number of carbonyl (C=O) groups excluding carboxylic acids is 3. The largest absolute Gasteiger partial charge is 0.520 e. The molecule has 9 atom stereocenters. The van der Waals surface area contributed by atoms with Gasteiger partial charge in [-0.3, -0.25) is 14.4 Å². The van der Waals surface area contributed by atoms with E-state index in [2.05, 4.69) is 51.7 Å². The first-order valence-corrected chi connectivity index (χ1v) is 16.2. The number of fused-ring (bicyclic) bond motifs is 7. The number of nitrogens with one attached hydrogen (secondary N) is 1. The minimum Gasteiger partial charge on any atom is -0.353 e. The molecule has 44 heavy (non-hydrogen) atoms. The van der Waals surface area contributed by atoms with Gasteiger partial charge < -0.3 is 10.2 Å². The van der Waals surface area contributed by atoms with Crippen molar-refractivity contribution in [1.82, 2.24) is 10.4 Å². The topological polar surface area (TPSA) is 75.7 Å². The molecule has 4 saturated carbocycles. The third-order valence-electron chi connectivity index (χ3n) is 14.1. The number of ketones is 1. The molecule has 5 rings (SSSR count). The smallest absolute Gasteiger partial charge is 0.353 e. The van der Waals surface area contributed by atoms with Crippen molar-refractivity contribution < 1.29 is 32.4 Å². The summed E-state index contributed by atoms with van der Waals surface area (Å²) in [5, 5.41) is 2.59. The first-order valence-electron chi connectivity index (χ1n) is 16.2. The van der Waals surface area contributed by atoms with Crippen molar-refractivity contribution in [3.05, 3.63) is 11.6 Å². The number of terminal acetylenes is 1. The summed E-state index contributed by atoms with van der Waals surface area (Å²) in [6, 6.07) is 0.0466. The number of halogens is 3. The van der Waals surface area contributed by atoms with E-state index in [0.717, 1.165) is 44.1 Å². The van der Waals surface area contributed by atoms with Crippen LogP contribution in [0.25, 0.3) is 0 Å². The number of amides is 2. The van der Waals surface area contributed by atoms with Crippen LogP contribution in [0.4, 0.5) is 13.2 Å². The van der Waals surface area contributed by atoms with E-state index in [9.17, 15) is 27.6 Å². The van der Waals surface area contributed by atoms with Crippen LogP contribution in [-0.4, -0.2) is 35.0 Å². The van der Waals surface area contributed by atoms with E-state index in [-0.39, 0.29) is 75.4 Å². The lowest BCUT2D eigenvalue weighted by molar-refractivity contribution is -0.334. The summed E-state index contributed by atoms with van der Waals surface area (Å²) in [6.07, 6.45) is 9.59. The van der Waals surface area contributed by atoms with Gasteiger partial charge in [0.05, 0.1) is 5.41 Å². The fourth-order valence-electron chi connectivity index (χ4n) is 11.4. The Morgan fingerprint density at radius 2 is 1.64 bits per heavy atom. The summed E-state index contributed by atoms with van der Waals surface area (Å²) < 4.78 is 41.5. The third-order valence-corrected chi connectivity index (χ3v) is 14.1. The highest BCUT2D eigenvalue weighted by Crippen LogP contribution is 2.75. The lowest BCUT2D eigenvalue weighted by Gasteiger charge is -2.70. The Hall–Kier alpha value is -2.50. The van der Waals surface area contributed by atoms with E-state index in [4.69, 9.17) is 6.42 Å². The number of nitrogens with zero attached hydrogens (tertiary/aromatic N) is 1. The van der Waals surface area contributed by atoms with Gasteiger partial charge in [0.25, 0.3) is 5.91 Å². The highest BCUT2D eigenvalue weighted by molar-refractivity contribution is 5.95. The van der Waals surface area contributed by atoms with Crippen LogP contribution in [-0.2, 0) is 19.2 Å². The Bertz CT molecular complexity index is 1330. The molecule has 0 aliphatic heterocycles. The van der Waals surface area contributed by atoms with Crippen LogP contribution < -0.4 is 5.32 Å². The van der Waals surface area contributed by atoms with Gasteiger partial charge in [-0.2, -0.15) is 0 Å². The van der Waals surface area contributed by atoms with Crippen LogP contribution in [0.2, 0.25) is 0 Å². The van der Waals surface area contributed by atoms with Gasteiger partial charge in [0, 0.05) is 18.9 Å². The van der Waals surface area contributed by atoms with Gasteiger partial charge in [0.1, 0.15) is 6.11 Å². The second-order valence-corrected chi connectivity index (χ2v) is 16.6. The van der Waals surface area contributed by atoms with Crippen LogP contribution in [0, 0.1) is 62.8 Å². The zero-order valence-electron chi connectivity index (χ0n) is 27.5. The van der Waals surface area contributed by atoms with E-state index in [1.807, 2.05) is 6.08 Å². The maximum absolute atomic E-state index is 14.5. The summed E-state index contributed by atoms with van der Waals surface area (Å²) in [5.41, 5.74) is -1.71. The highest BCUT2D eigenvalue weighted by atomic mass is 19.4. The van der Waals surface area contributed by atoms with Gasteiger partial charge in [-0.15, -0.1) is 13.2 Å². The third kappa shape index (κ3) is 4.47. The van der Waals surface area contributed by atoms with Crippen molar-refractivity contribution >= 4 is 17.6 Å². The number of hydroxylamine groups is 2. The fourth-order valence-corrected chi connectivity index (χ4v) is 11.4. The summed E-state index contributed by atoms with van der Waals surface area (Å²) in [5.74, 6) is -1.29. The van der Waals surface area contributed by atoms with E-state index >= 15 is 0 Å². The van der Waals surface area contributed by atoms with Gasteiger partial charge in [-0.05, 0) is 103 Å². The molecule has 0 saturated heterocycles. The van der Waals surface area contributed by atoms with Crippen molar-refractivity contribution in [2.75, 3.05) is 0 Å². The average Bonchev–Trinajstić information content (AvgIpc) is 2.90. The Morgan fingerprint density at radius 1 is 1.00 bits per heavy atom. The molecule has 0 aromatic carbocycles. The number of alkyl halides is 3. The molecule has 6 nitrogen and oxygen atoms in total. The second kappa shape index (κ2) is 10.00. The van der Waals surface area contributed by atoms with E-state index < -0.39 is 22.7 Å². The molecule has 9 heteroatoms. The van der Waals surface area contributed by atoms with Gasteiger partial charge in [0.2, 0.25) is 5.91 Å². The first kappa shape index (κ1) is 32.9. The van der Waals surface area contributed by atoms with Crippen molar-refractivity contribution in [3.8, 4) is 12.5 Å². The van der Waals surface area contributed by atoms with E-state index in [1.54, 1.807) is 13.8 Å².